The molecule has 2 aliphatic rings. The summed E-state index contributed by atoms with van der Waals surface area (Å²) in [7, 11) is 0. The molecule has 1 N–H and O–H groups in total. The number of nitrogens with zero attached hydrogens (tertiary/aromatic N) is 1. The SMILES string of the molecule is O=C(C1Cc2ccccc2C1)N1CCC[C@H]1CO. The molecule has 0 unspecified atom stereocenters. The number of benzene rings is 1. The highest BCUT2D eigenvalue weighted by atomic mass is 16.3. The molecule has 1 aromatic carbocycles. The minimum absolute atomic E-state index is 0.0567. The molecule has 0 aromatic heterocycles. The molecule has 1 atom stereocenters. The molecule has 1 fully saturated rings. The standard InChI is InChI=1S/C15H19NO2/c17-10-14-6-3-7-16(14)15(18)13-8-11-4-1-2-5-12(11)9-13/h1-2,4-5,13-14,17H,3,6-10H2/t14-/m0/s1. The fourth-order valence-electron chi connectivity index (χ4n) is 3.28. The number of hydrogen-bond acceptors (Lipinski definition) is 2. The van der Waals surface area contributed by atoms with E-state index in [1.165, 1.54) is 11.1 Å². The average molecular weight is 245 g/mol. The molecule has 3 heteroatoms. The van der Waals surface area contributed by atoms with Crippen molar-refractivity contribution >= 4 is 5.91 Å². The summed E-state index contributed by atoms with van der Waals surface area (Å²) in [5.74, 6) is 0.331. The van der Waals surface area contributed by atoms with Crippen LogP contribution in [0.4, 0.5) is 0 Å². The number of amides is 1. The lowest BCUT2D eigenvalue weighted by Crippen LogP contribution is -2.41. The van der Waals surface area contributed by atoms with Crippen molar-refractivity contribution in [1.29, 1.82) is 0 Å². The molecule has 1 amide bonds. The number of carbonyl (C=O) groups excluding carboxylic acids is 1. The van der Waals surface area contributed by atoms with Gasteiger partial charge in [0.15, 0.2) is 0 Å². The van der Waals surface area contributed by atoms with E-state index in [0.717, 1.165) is 32.2 Å². The second-order valence-corrected chi connectivity index (χ2v) is 5.38. The Morgan fingerprint density at radius 3 is 2.56 bits per heavy atom. The lowest BCUT2D eigenvalue weighted by molar-refractivity contribution is -0.136. The minimum atomic E-state index is 0.0567. The van der Waals surface area contributed by atoms with Crippen LogP contribution in [0.25, 0.3) is 0 Å². The fraction of sp³-hybridized carbons (Fsp3) is 0.533. The summed E-state index contributed by atoms with van der Waals surface area (Å²) < 4.78 is 0. The van der Waals surface area contributed by atoms with E-state index in [9.17, 15) is 9.90 Å². The molecule has 0 saturated carbocycles. The summed E-state index contributed by atoms with van der Waals surface area (Å²) in [5.41, 5.74) is 2.63. The third-order valence-electron chi connectivity index (χ3n) is 4.27. The molecular formula is C15H19NO2. The molecule has 1 heterocycles. The Hall–Kier alpha value is -1.35. The minimum Gasteiger partial charge on any atom is -0.394 e. The molecule has 1 aromatic rings. The van der Waals surface area contributed by atoms with Gasteiger partial charge in [-0.05, 0) is 36.8 Å². The van der Waals surface area contributed by atoms with Crippen molar-refractivity contribution < 1.29 is 9.90 Å². The Labute approximate surface area is 107 Å². The zero-order chi connectivity index (χ0) is 12.5. The van der Waals surface area contributed by atoms with E-state index in [0.29, 0.717) is 0 Å². The highest BCUT2D eigenvalue weighted by Gasteiger charge is 2.35. The van der Waals surface area contributed by atoms with Gasteiger partial charge in [-0.2, -0.15) is 0 Å². The summed E-state index contributed by atoms with van der Waals surface area (Å²) >= 11 is 0. The van der Waals surface area contributed by atoms with Gasteiger partial charge >= 0.3 is 0 Å². The maximum Gasteiger partial charge on any atom is 0.226 e. The predicted octanol–water partition coefficient (Wildman–Crippen LogP) is 1.38. The summed E-state index contributed by atoms with van der Waals surface area (Å²) in [4.78, 5) is 14.4. The summed E-state index contributed by atoms with van der Waals surface area (Å²) in [6.45, 7) is 0.919. The Morgan fingerprint density at radius 2 is 1.94 bits per heavy atom. The highest BCUT2D eigenvalue weighted by Crippen LogP contribution is 2.30. The topological polar surface area (TPSA) is 40.5 Å². The van der Waals surface area contributed by atoms with Gasteiger partial charge in [0.2, 0.25) is 5.91 Å². The highest BCUT2D eigenvalue weighted by molar-refractivity contribution is 5.81. The zero-order valence-corrected chi connectivity index (χ0v) is 10.5. The Kier molecular flexibility index (Phi) is 3.08. The molecule has 3 nitrogen and oxygen atoms in total. The largest absolute Gasteiger partial charge is 0.394 e. The van der Waals surface area contributed by atoms with E-state index >= 15 is 0 Å². The molecule has 1 saturated heterocycles. The van der Waals surface area contributed by atoms with Crippen LogP contribution in [-0.4, -0.2) is 35.1 Å². The van der Waals surface area contributed by atoms with Gasteiger partial charge < -0.3 is 10.0 Å². The fourth-order valence-corrected chi connectivity index (χ4v) is 3.28. The average Bonchev–Trinajstić information content (AvgIpc) is 3.03. The Bertz CT molecular complexity index is 433. The van der Waals surface area contributed by atoms with Crippen LogP contribution in [0.5, 0.6) is 0 Å². The van der Waals surface area contributed by atoms with Gasteiger partial charge in [0, 0.05) is 12.5 Å². The van der Waals surface area contributed by atoms with E-state index < -0.39 is 0 Å². The summed E-state index contributed by atoms with van der Waals surface area (Å²) in [6, 6.07) is 8.38. The number of rotatable bonds is 2. The van der Waals surface area contributed by atoms with Crippen LogP contribution in [0.2, 0.25) is 0 Å². The van der Waals surface area contributed by atoms with Gasteiger partial charge in [-0.25, -0.2) is 0 Å². The van der Waals surface area contributed by atoms with Crippen LogP contribution >= 0.6 is 0 Å². The number of fused-ring (bicyclic) bond motifs is 1. The number of aliphatic hydroxyl groups excluding tert-OH is 1. The predicted molar refractivity (Wildman–Crippen MR) is 69.2 cm³/mol. The van der Waals surface area contributed by atoms with E-state index in [-0.39, 0.29) is 24.5 Å². The van der Waals surface area contributed by atoms with Crippen molar-refractivity contribution in [3.8, 4) is 0 Å². The first-order valence-corrected chi connectivity index (χ1v) is 6.77. The quantitative estimate of drug-likeness (QED) is 0.855. The normalized spacial score (nSPS) is 23.4. The Balaban J connectivity index is 1.72. The number of aliphatic hydroxyl groups is 1. The first kappa shape index (κ1) is 11.7. The van der Waals surface area contributed by atoms with Crippen molar-refractivity contribution in [3.63, 3.8) is 0 Å². The van der Waals surface area contributed by atoms with Crippen LogP contribution in [-0.2, 0) is 17.6 Å². The molecule has 3 rings (SSSR count). The van der Waals surface area contributed by atoms with E-state index in [1.54, 1.807) is 0 Å². The van der Waals surface area contributed by atoms with Crippen molar-refractivity contribution in [2.24, 2.45) is 5.92 Å². The van der Waals surface area contributed by atoms with E-state index in [4.69, 9.17) is 0 Å². The maximum atomic E-state index is 12.5. The van der Waals surface area contributed by atoms with Gasteiger partial charge in [-0.3, -0.25) is 4.79 Å². The molecule has 1 aliphatic carbocycles. The molecule has 1 aliphatic heterocycles. The number of hydrogen-bond donors (Lipinski definition) is 1. The first-order valence-electron chi connectivity index (χ1n) is 6.77. The number of carbonyl (C=O) groups is 1. The molecular weight excluding hydrogens is 226 g/mol. The number of likely N-dealkylation sites (tertiary alicyclic amines) is 1. The van der Waals surface area contributed by atoms with E-state index in [1.807, 2.05) is 17.0 Å². The van der Waals surface area contributed by atoms with Gasteiger partial charge in [-0.15, -0.1) is 0 Å². The van der Waals surface area contributed by atoms with Crippen LogP contribution in [0, 0.1) is 5.92 Å². The molecule has 0 bridgehead atoms. The lowest BCUT2D eigenvalue weighted by atomic mass is 10.0. The third kappa shape index (κ3) is 1.93. The second-order valence-electron chi connectivity index (χ2n) is 5.38. The first-order chi connectivity index (χ1) is 8.79. The molecule has 18 heavy (non-hydrogen) atoms. The zero-order valence-electron chi connectivity index (χ0n) is 10.5. The van der Waals surface area contributed by atoms with Gasteiger partial charge in [-0.1, -0.05) is 24.3 Å². The summed E-state index contributed by atoms with van der Waals surface area (Å²) in [6.07, 6.45) is 3.70. The molecule has 96 valence electrons. The van der Waals surface area contributed by atoms with Gasteiger partial charge in [0.05, 0.1) is 12.6 Å². The lowest BCUT2D eigenvalue weighted by Gasteiger charge is -2.26. The van der Waals surface area contributed by atoms with Crippen LogP contribution in [0.15, 0.2) is 24.3 Å². The van der Waals surface area contributed by atoms with Crippen molar-refractivity contribution in [3.05, 3.63) is 35.4 Å². The van der Waals surface area contributed by atoms with Crippen molar-refractivity contribution in [2.45, 2.75) is 31.7 Å². The van der Waals surface area contributed by atoms with Crippen LogP contribution in [0.1, 0.15) is 24.0 Å². The molecule has 0 radical (unpaired) electrons. The van der Waals surface area contributed by atoms with Gasteiger partial charge in [0.25, 0.3) is 0 Å². The summed E-state index contributed by atoms with van der Waals surface area (Å²) in [5, 5.41) is 9.31. The maximum absolute atomic E-state index is 12.5. The monoisotopic (exact) mass is 245 g/mol. The van der Waals surface area contributed by atoms with E-state index in [2.05, 4.69) is 12.1 Å². The molecule has 0 spiro atoms. The van der Waals surface area contributed by atoms with Crippen LogP contribution < -0.4 is 0 Å². The third-order valence-corrected chi connectivity index (χ3v) is 4.27. The smallest absolute Gasteiger partial charge is 0.226 e. The van der Waals surface area contributed by atoms with Crippen molar-refractivity contribution in [2.75, 3.05) is 13.2 Å². The second kappa shape index (κ2) is 4.73. The van der Waals surface area contributed by atoms with Gasteiger partial charge in [0.1, 0.15) is 0 Å². The van der Waals surface area contributed by atoms with Crippen molar-refractivity contribution in [1.82, 2.24) is 4.90 Å². The van der Waals surface area contributed by atoms with Crippen LogP contribution in [0.3, 0.4) is 0 Å². The Morgan fingerprint density at radius 1 is 1.28 bits per heavy atom.